The van der Waals surface area contributed by atoms with Crippen LogP contribution in [-0.2, 0) is 11.3 Å². The van der Waals surface area contributed by atoms with E-state index in [2.05, 4.69) is 5.32 Å². The fraction of sp³-hybridized carbons (Fsp3) is 0.200. The van der Waals surface area contributed by atoms with Crippen LogP contribution in [0.25, 0.3) is 0 Å². The van der Waals surface area contributed by atoms with Crippen LogP contribution in [0.2, 0.25) is 0 Å². The molecule has 0 spiro atoms. The molecule has 1 atom stereocenters. The molecule has 0 fully saturated rings. The Balaban J connectivity index is 2.55. The van der Waals surface area contributed by atoms with Gasteiger partial charge in [-0.3, -0.25) is 15.5 Å². The smallest absolute Gasteiger partial charge is 0.328 e. The first kappa shape index (κ1) is 11.2. The highest BCUT2D eigenvalue weighted by atomic mass is 16.4. The first-order chi connectivity index (χ1) is 7.11. The summed E-state index contributed by atoms with van der Waals surface area (Å²) < 4.78 is 0. The van der Waals surface area contributed by atoms with Crippen molar-refractivity contribution in [2.24, 2.45) is 5.73 Å². The third-order valence-electron chi connectivity index (χ3n) is 1.91. The maximum Gasteiger partial charge on any atom is 0.328 e. The number of rotatable bonds is 5. The maximum atomic E-state index is 10.7. The van der Waals surface area contributed by atoms with Gasteiger partial charge in [0.25, 0.3) is 0 Å². The first-order valence-electron chi connectivity index (χ1n) is 4.45. The van der Waals surface area contributed by atoms with E-state index in [1.807, 2.05) is 30.3 Å². The van der Waals surface area contributed by atoms with Crippen LogP contribution in [0.4, 0.5) is 0 Å². The molecule has 1 aromatic carbocycles. The average molecular weight is 207 g/mol. The minimum atomic E-state index is -1.14. The van der Waals surface area contributed by atoms with Gasteiger partial charge in [-0.15, -0.1) is 0 Å². The van der Waals surface area contributed by atoms with Crippen molar-refractivity contribution in [1.29, 1.82) is 5.41 Å². The van der Waals surface area contributed by atoms with Crippen molar-refractivity contribution in [3.8, 4) is 0 Å². The van der Waals surface area contributed by atoms with E-state index in [0.29, 0.717) is 6.54 Å². The molecule has 1 unspecified atom stereocenters. The lowest BCUT2D eigenvalue weighted by atomic mass is 10.2. The Morgan fingerprint density at radius 3 is 2.53 bits per heavy atom. The second-order valence-corrected chi connectivity index (χ2v) is 3.09. The number of carboxylic acids is 1. The molecule has 5 heteroatoms. The van der Waals surface area contributed by atoms with Crippen LogP contribution in [0.1, 0.15) is 5.56 Å². The Morgan fingerprint density at radius 1 is 1.47 bits per heavy atom. The van der Waals surface area contributed by atoms with Crippen molar-refractivity contribution >= 4 is 11.8 Å². The molecule has 15 heavy (non-hydrogen) atoms. The molecule has 0 amide bonds. The predicted octanol–water partition coefficient (Wildman–Crippen LogP) is 0.165. The molecule has 0 bridgehead atoms. The lowest BCUT2D eigenvalue weighted by Crippen LogP contribution is -2.46. The largest absolute Gasteiger partial charge is 0.480 e. The Labute approximate surface area is 87.4 Å². The van der Waals surface area contributed by atoms with Gasteiger partial charge in [0, 0.05) is 6.54 Å². The van der Waals surface area contributed by atoms with E-state index in [-0.39, 0.29) is 0 Å². The van der Waals surface area contributed by atoms with Gasteiger partial charge in [-0.1, -0.05) is 30.3 Å². The number of carboxylic acid groups (broad SMARTS) is 1. The maximum absolute atomic E-state index is 10.7. The highest BCUT2D eigenvalue weighted by molar-refractivity contribution is 6.01. The average Bonchev–Trinajstić information content (AvgIpc) is 2.18. The molecule has 0 aliphatic carbocycles. The summed E-state index contributed by atoms with van der Waals surface area (Å²) in [6.07, 6.45) is 0. The molecule has 1 aromatic rings. The summed E-state index contributed by atoms with van der Waals surface area (Å²) in [5, 5.41) is 18.5. The second kappa shape index (κ2) is 5.11. The lowest BCUT2D eigenvalue weighted by molar-refractivity contribution is -0.137. The molecular weight excluding hydrogens is 194 g/mol. The van der Waals surface area contributed by atoms with Crippen LogP contribution < -0.4 is 11.1 Å². The fourth-order valence-corrected chi connectivity index (χ4v) is 1.15. The number of hydrogen-bond acceptors (Lipinski definition) is 3. The molecule has 5 nitrogen and oxygen atoms in total. The van der Waals surface area contributed by atoms with Crippen molar-refractivity contribution in [2.75, 3.05) is 0 Å². The van der Waals surface area contributed by atoms with Crippen molar-refractivity contribution in [2.45, 2.75) is 12.6 Å². The molecule has 0 heterocycles. The molecule has 1 rings (SSSR count). The van der Waals surface area contributed by atoms with Crippen LogP contribution in [0.15, 0.2) is 30.3 Å². The molecule has 0 aliphatic heterocycles. The molecular formula is C10H13N3O2. The minimum absolute atomic E-state index is 0.372. The molecule has 0 saturated heterocycles. The second-order valence-electron chi connectivity index (χ2n) is 3.09. The summed E-state index contributed by atoms with van der Waals surface area (Å²) in [6.45, 7) is 0.372. The van der Waals surface area contributed by atoms with E-state index in [9.17, 15) is 4.79 Å². The molecule has 5 N–H and O–H groups in total. The van der Waals surface area contributed by atoms with Gasteiger partial charge in [-0.25, -0.2) is 0 Å². The number of hydrogen-bond donors (Lipinski definition) is 4. The van der Waals surface area contributed by atoms with Gasteiger partial charge in [0.1, 0.15) is 5.84 Å². The lowest BCUT2D eigenvalue weighted by Gasteiger charge is -2.12. The molecule has 0 aliphatic rings. The zero-order chi connectivity index (χ0) is 11.3. The number of amidine groups is 1. The highest BCUT2D eigenvalue weighted by Crippen LogP contribution is 1.98. The van der Waals surface area contributed by atoms with Crippen molar-refractivity contribution < 1.29 is 9.90 Å². The Bertz CT molecular complexity index is 337. The van der Waals surface area contributed by atoms with Gasteiger partial charge in [0.2, 0.25) is 0 Å². The van der Waals surface area contributed by atoms with Crippen molar-refractivity contribution in [1.82, 2.24) is 5.32 Å². The normalized spacial score (nSPS) is 12.0. The Kier molecular flexibility index (Phi) is 3.82. The number of carbonyl (C=O) groups is 1. The number of nitrogens with one attached hydrogen (secondary N) is 2. The summed E-state index contributed by atoms with van der Waals surface area (Å²) in [4.78, 5) is 10.7. The predicted molar refractivity (Wildman–Crippen MR) is 56.6 cm³/mol. The van der Waals surface area contributed by atoms with Crippen molar-refractivity contribution in [3.63, 3.8) is 0 Å². The van der Waals surface area contributed by atoms with Crippen LogP contribution >= 0.6 is 0 Å². The van der Waals surface area contributed by atoms with Crippen molar-refractivity contribution in [3.05, 3.63) is 35.9 Å². The summed E-state index contributed by atoms with van der Waals surface area (Å²) in [7, 11) is 0. The minimum Gasteiger partial charge on any atom is -0.480 e. The zero-order valence-electron chi connectivity index (χ0n) is 8.10. The van der Waals surface area contributed by atoms with Gasteiger partial charge < -0.3 is 10.8 Å². The van der Waals surface area contributed by atoms with Crippen LogP contribution in [0.5, 0.6) is 0 Å². The zero-order valence-corrected chi connectivity index (χ0v) is 8.10. The summed E-state index contributed by atoms with van der Waals surface area (Å²) in [5.41, 5.74) is 6.09. The Morgan fingerprint density at radius 2 is 2.07 bits per heavy atom. The highest BCUT2D eigenvalue weighted by Gasteiger charge is 2.19. The van der Waals surface area contributed by atoms with Gasteiger partial charge >= 0.3 is 5.97 Å². The van der Waals surface area contributed by atoms with E-state index in [0.717, 1.165) is 5.56 Å². The summed E-state index contributed by atoms with van der Waals surface area (Å²) >= 11 is 0. The standard InChI is InChI=1S/C10H13N3O2/c11-9(12)8(10(14)15)13-6-7-4-2-1-3-5-7/h1-5,8,13H,6H2,(H3,11,12)(H,14,15). The third-order valence-corrected chi connectivity index (χ3v) is 1.91. The molecule has 0 radical (unpaired) electrons. The summed E-state index contributed by atoms with van der Waals surface area (Å²) in [5.74, 6) is -1.53. The van der Waals surface area contributed by atoms with Gasteiger partial charge in [-0.05, 0) is 5.56 Å². The fourth-order valence-electron chi connectivity index (χ4n) is 1.15. The topological polar surface area (TPSA) is 99.2 Å². The van der Waals surface area contributed by atoms with E-state index < -0.39 is 17.8 Å². The van der Waals surface area contributed by atoms with Gasteiger partial charge in [-0.2, -0.15) is 0 Å². The van der Waals surface area contributed by atoms with Gasteiger partial charge in [0.15, 0.2) is 6.04 Å². The van der Waals surface area contributed by atoms with E-state index in [1.165, 1.54) is 0 Å². The number of benzene rings is 1. The van der Waals surface area contributed by atoms with Crippen LogP contribution in [-0.4, -0.2) is 23.0 Å². The molecule has 0 saturated carbocycles. The van der Waals surface area contributed by atoms with Gasteiger partial charge in [0.05, 0.1) is 0 Å². The summed E-state index contributed by atoms with van der Waals surface area (Å²) in [6, 6.07) is 8.22. The number of nitrogens with two attached hydrogens (primary N) is 1. The van der Waals surface area contributed by atoms with Crippen LogP contribution in [0.3, 0.4) is 0 Å². The molecule has 0 aromatic heterocycles. The van der Waals surface area contributed by atoms with E-state index in [1.54, 1.807) is 0 Å². The molecule has 80 valence electrons. The number of aliphatic carboxylic acids is 1. The quantitative estimate of drug-likeness (QED) is 0.408. The third kappa shape index (κ3) is 3.40. The Hall–Kier alpha value is -1.88. The van der Waals surface area contributed by atoms with E-state index in [4.69, 9.17) is 16.2 Å². The van der Waals surface area contributed by atoms with E-state index >= 15 is 0 Å². The van der Waals surface area contributed by atoms with Crippen LogP contribution in [0, 0.1) is 5.41 Å². The monoisotopic (exact) mass is 207 g/mol. The SMILES string of the molecule is N=C(N)C(NCc1ccccc1)C(=O)O. The first-order valence-corrected chi connectivity index (χ1v) is 4.45.